The maximum absolute atomic E-state index is 9.44. The number of nitrogens with zero attached hydrogens (tertiary/aromatic N) is 4. The zero-order valence-corrected chi connectivity index (χ0v) is 16.1. The van der Waals surface area contributed by atoms with Gasteiger partial charge in [0, 0.05) is 18.8 Å². The van der Waals surface area contributed by atoms with Crippen LogP contribution in [0.25, 0.3) is 16.4 Å². The van der Waals surface area contributed by atoms with Gasteiger partial charge in [0.2, 0.25) is 0 Å². The zero-order chi connectivity index (χ0) is 19.4. The topological polar surface area (TPSA) is 99.5 Å². The zero-order valence-electron chi connectivity index (χ0n) is 15.3. The van der Waals surface area contributed by atoms with E-state index in [4.69, 9.17) is 9.72 Å². The number of ether oxygens (including phenoxy) is 1. The lowest BCUT2D eigenvalue weighted by Crippen LogP contribution is -2.39. The standard InChI is InChI=1S/C16H17N4O.C2H6O3S/c1-12-15(19-8-10-21-11-9-19)17-16-14-5-3-2-4-13(14)6-7-20(16)18-12;1-2-6(3,4)5/h2-7H,8-11H2,1H3;2H2,1H3,(H,3,4,5)/q+1;/p-1. The summed E-state index contributed by atoms with van der Waals surface area (Å²) in [5, 5.41) is 6.98. The lowest BCUT2D eigenvalue weighted by Gasteiger charge is -2.25. The highest BCUT2D eigenvalue weighted by Crippen LogP contribution is 2.20. The third-order valence-corrected chi connectivity index (χ3v) is 4.98. The van der Waals surface area contributed by atoms with Crippen molar-refractivity contribution in [2.45, 2.75) is 13.8 Å². The van der Waals surface area contributed by atoms with Crippen molar-refractivity contribution in [3.05, 3.63) is 42.2 Å². The van der Waals surface area contributed by atoms with Gasteiger partial charge in [0.15, 0.2) is 0 Å². The molecule has 1 fully saturated rings. The van der Waals surface area contributed by atoms with E-state index < -0.39 is 10.1 Å². The number of benzene rings is 1. The first-order valence-corrected chi connectivity index (χ1v) is 10.3. The Hall–Kier alpha value is -2.36. The minimum absolute atomic E-state index is 0.312. The van der Waals surface area contributed by atoms with Crippen LogP contribution in [0.5, 0.6) is 0 Å². The Morgan fingerprint density at radius 2 is 1.89 bits per heavy atom. The molecule has 1 saturated heterocycles. The molecule has 27 heavy (non-hydrogen) atoms. The Bertz CT molecular complexity index is 1050. The first-order chi connectivity index (χ1) is 12.9. The van der Waals surface area contributed by atoms with Crippen molar-refractivity contribution in [2.24, 2.45) is 0 Å². The molecular weight excluding hydrogens is 368 g/mol. The maximum Gasteiger partial charge on any atom is 0.358 e. The van der Waals surface area contributed by atoms with E-state index in [1.54, 1.807) is 0 Å². The van der Waals surface area contributed by atoms with Gasteiger partial charge in [0.25, 0.3) is 5.82 Å². The molecule has 3 aromatic rings. The highest BCUT2D eigenvalue weighted by molar-refractivity contribution is 7.85. The van der Waals surface area contributed by atoms with Crippen LogP contribution < -0.4 is 9.42 Å². The summed E-state index contributed by atoms with van der Waals surface area (Å²) >= 11 is 0. The number of aromatic nitrogens is 3. The molecule has 9 heteroatoms. The second-order valence-corrected chi connectivity index (χ2v) is 7.83. The lowest BCUT2D eigenvalue weighted by atomic mass is 10.2. The van der Waals surface area contributed by atoms with Gasteiger partial charge in [-0.15, -0.1) is 4.52 Å². The van der Waals surface area contributed by atoms with Crippen molar-refractivity contribution in [1.29, 1.82) is 0 Å². The molecule has 0 radical (unpaired) electrons. The molecule has 1 aliphatic rings. The van der Waals surface area contributed by atoms with Crippen LogP contribution in [0.1, 0.15) is 12.6 Å². The number of hydrogen-bond donors (Lipinski definition) is 0. The Balaban J connectivity index is 0.000000307. The number of anilines is 1. The fourth-order valence-electron chi connectivity index (χ4n) is 2.85. The molecule has 8 nitrogen and oxygen atoms in total. The highest BCUT2D eigenvalue weighted by Gasteiger charge is 2.23. The van der Waals surface area contributed by atoms with Crippen molar-refractivity contribution >= 4 is 32.4 Å². The molecule has 1 aliphatic heterocycles. The van der Waals surface area contributed by atoms with Crippen LogP contribution in [0.4, 0.5) is 5.82 Å². The van der Waals surface area contributed by atoms with Crippen LogP contribution in [0.2, 0.25) is 0 Å². The van der Waals surface area contributed by atoms with E-state index in [2.05, 4.69) is 28.2 Å². The van der Waals surface area contributed by atoms with Crippen molar-refractivity contribution in [1.82, 2.24) is 10.1 Å². The second-order valence-electron chi connectivity index (χ2n) is 6.14. The Kier molecular flexibility index (Phi) is 5.83. The van der Waals surface area contributed by atoms with Crippen LogP contribution in [0, 0.1) is 6.92 Å². The predicted octanol–water partition coefficient (Wildman–Crippen LogP) is 1.07. The third-order valence-electron chi connectivity index (χ3n) is 4.27. The van der Waals surface area contributed by atoms with E-state index in [-0.39, 0.29) is 5.75 Å². The van der Waals surface area contributed by atoms with E-state index in [1.807, 2.05) is 29.8 Å². The fourth-order valence-corrected chi connectivity index (χ4v) is 2.85. The smallest absolute Gasteiger partial charge is 0.358 e. The largest absolute Gasteiger partial charge is 0.748 e. The van der Waals surface area contributed by atoms with Gasteiger partial charge in [-0.25, -0.2) is 8.42 Å². The highest BCUT2D eigenvalue weighted by atomic mass is 32.2. The average molecular weight is 390 g/mol. The number of fused-ring (bicyclic) bond motifs is 3. The van der Waals surface area contributed by atoms with Crippen LogP contribution in [0.3, 0.4) is 0 Å². The van der Waals surface area contributed by atoms with Gasteiger partial charge in [0.05, 0.1) is 28.7 Å². The first-order valence-electron chi connectivity index (χ1n) is 8.73. The molecule has 3 heterocycles. The van der Waals surface area contributed by atoms with E-state index in [0.717, 1.165) is 48.8 Å². The summed E-state index contributed by atoms with van der Waals surface area (Å²) in [5.74, 6) is 0.655. The summed E-state index contributed by atoms with van der Waals surface area (Å²) in [5.41, 5.74) is 1.85. The van der Waals surface area contributed by atoms with Gasteiger partial charge in [-0.3, -0.25) is 0 Å². The van der Waals surface area contributed by atoms with Gasteiger partial charge in [-0.1, -0.05) is 30.2 Å². The Morgan fingerprint density at radius 3 is 2.56 bits per heavy atom. The Morgan fingerprint density at radius 1 is 1.22 bits per heavy atom. The molecule has 0 unspecified atom stereocenters. The quantitative estimate of drug-likeness (QED) is 0.366. The predicted molar refractivity (Wildman–Crippen MR) is 101 cm³/mol. The molecule has 0 bridgehead atoms. The van der Waals surface area contributed by atoms with Gasteiger partial charge < -0.3 is 14.2 Å². The molecule has 1 aromatic carbocycles. The molecule has 2 aromatic heterocycles. The maximum atomic E-state index is 9.44. The number of aryl methyl sites for hydroxylation is 1. The minimum atomic E-state index is -3.91. The summed E-state index contributed by atoms with van der Waals surface area (Å²) < 4.78 is 35.6. The minimum Gasteiger partial charge on any atom is -0.748 e. The summed E-state index contributed by atoms with van der Waals surface area (Å²) in [4.78, 5) is 7.15. The molecule has 144 valence electrons. The number of rotatable bonds is 2. The number of pyridine rings is 1. The van der Waals surface area contributed by atoms with Crippen molar-refractivity contribution < 1.29 is 22.2 Å². The molecular formula is C18H22N4O4S. The summed E-state index contributed by atoms with van der Waals surface area (Å²) in [6.45, 7) is 6.57. The van der Waals surface area contributed by atoms with E-state index in [0.29, 0.717) is 0 Å². The van der Waals surface area contributed by atoms with Gasteiger partial charge >= 0.3 is 5.65 Å². The molecule has 0 N–H and O–H groups in total. The summed E-state index contributed by atoms with van der Waals surface area (Å²) in [6.07, 6.45) is 1.97. The molecule has 4 rings (SSSR count). The van der Waals surface area contributed by atoms with Crippen LogP contribution in [-0.4, -0.2) is 55.1 Å². The van der Waals surface area contributed by atoms with Crippen LogP contribution in [-0.2, 0) is 14.9 Å². The van der Waals surface area contributed by atoms with Gasteiger partial charge in [0.1, 0.15) is 11.9 Å². The van der Waals surface area contributed by atoms with E-state index in [1.165, 1.54) is 12.3 Å². The van der Waals surface area contributed by atoms with Gasteiger partial charge in [-0.05, 0) is 29.4 Å². The van der Waals surface area contributed by atoms with Gasteiger partial charge in [-0.2, -0.15) is 0 Å². The van der Waals surface area contributed by atoms with Crippen LogP contribution in [0.15, 0.2) is 36.5 Å². The number of hydrogen-bond acceptors (Lipinski definition) is 7. The van der Waals surface area contributed by atoms with Crippen molar-refractivity contribution in [2.75, 3.05) is 37.0 Å². The summed E-state index contributed by atoms with van der Waals surface area (Å²) in [7, 11) is -3.91. The molecule has 0 spiro atoms. The van der Waals surface area contributed by atoms with E-state index in [9.17, 15) is 13.0 Å². The SMILES string of the molecule is CCS(=O)(=O)[O-].Cc1n[n+]2ccc3ccccc3c2nc1N1CCOCC1. The normalized spacial score (nSPS) is 14.9. The Labute approximate surface area is 158 Å². The lowest BCUT2D eigenvalue weighted by molar-refractivity contribution is -0.582. The van der Waals surface area contributed by atoms with E-state index >= 15 is 0 Å². The molecule has 0 atom stereocenters. The molecule has 0 saturated carbocycles. The molecule has 0 amide bonds. The third kappa shape index (κ3) is 4.68. The fraction of sp³-hybridized carbons (Fsp3) is 0.389. The second kappa shape index (κ2) is 8.12. The van der Waals surface area contributed by atoms with Crippen molar-refractivity contribution in [3.63, 3.8) is 0 Å². The first kappa shape index (κ1) is 19.4. The van der Waals surface area contributed by atoms with Crippen molar-refractivity contribution in [3.8, 4) is 0 Å². The monoisotopic (exact) mass is 390 g/mol. The van der Waals surface area contributed by atoms with Crippen LogP contribution >= 0.6 is 0 Å². The number of morpholine rings is 1. The average Bonchev–Trinajstić information content (AvgIpc) is 2.68. The molecule has 0 aliphatic carbocycles. The summed E-state index contributed by atoms with van der Waals surface area (Å²) in [6, 6.07) is 10.4.